The minimum Gasteiger partial charge on any atom is -0.488 e. The predicted octanol–water partition coefficient (Wildman–Crippen LogP) is 4.48. The summed E-state index contributed by atoms with van der Waals surface area (Å²) in [5.74, 6) is 0.959. The van der Waals surface area contributed by atoms with Crippen molar-refractivity contribution < 1.29 is 13.9 Å². The molecule has 2 aromatic rings. The first-order valence-electron chi connectivity index (χ1n) is 9.00. The maximum atomic E-state index is 13.7. The van der Waals surface area contributed by atoms with Gasteiger partial charge in [0, 0.05) is 18.2 Å². The lowest BCUT2D eigenvalue weighted by Gasteiger charge is -2.25. The van der Waals surface area contributed by atoms with E-state index >= 15 is 0 Å². The summed E-state index contributed by atoms with van der Waals surface area (Å²) in [6.45, 7) is 6.22. The van der Waals surface area contributed by atoms with E-state index in [9.17, 15) is 4.39 Å². The fourth-order valence-electron chi connectivity index (χ4n) is 3.01. The number of ether oxygens (including phenoxy) is 2. The second kappa shape index (κ2) is 9.79. The second-order valence-corrected chi connectivity index (χ2v) is 6.69. The zero-order chi connectivity index (χ0) is 17.6. The molecule has 0 aromatic heterocycles. The molecule has 0 radical (unpaired) electrons. The first-order valence-corrected chi connectivity index (χ1v) is 9.00. The Morgan fingerprint density at radius 3 is 2.73 bits per heavy atom. The third kappa shape index (κ3) is 5.61. The number of aryl methyl sites for hydroxylation is 2. The number of nitrogens with one attached hydrogen (secondary N) is 1. The van der Waals surface area contributed by atoms with Crippen LogP contribution >= 0.6 is 12.4 Å². The highest BCUT2D eigenvalue weighted by Crippen LogP contribution is 2.37. The lowest BCUT2D eigenvalue weighted by molar-refractivity contribution is 0.178. The summed E-state index contributed by atoms with van der Waals surface area (Å²) in [7, 11) is 0. The zero-order valence-electron chi connectivity index (χ0n) is 15.4. The van der Waals surface area contributed by atoms with E-state index in [0.29, 0.717) is 24.7 Å². The summed E-state index contributed by atoms with van der Waals surface area (Å²) in [5, 5.41) is 3.36. The summed E-state index contributed by atoms with van der Waals surface area (Å²) in [6, 6.07) is 11.5. The van der Waals surface area contributed by atoms with E-state index in [-0.39, 0.29) is 24.3 Å². The van der Waals surface area contributed by atoms with E-state index in [1.165, 1.54) is 17.2 Å². The topological polar surface area (TPSA) is 30.5 Å². The molecule has 0 fully saturated rings. The third-order valence-corrected chi connectivity index (χ3v) is 4.48. The van der Waals surface area contributed by atoms with Crippen molar-refractivity contribution >= 4 is 12.4 Å². The highest BCUT2D eigenvalue weighted by Gasteiger charge is 2.21. The Kier molecular flexibility index (Phi) is 7.73. The van der Waals surface area contributed by atoms with Gasteiger partial charge in [0.25, 0.3) is 0 Å². The SMILES string of the molecule is Cc1ccc(CCNCCOc2cc(F)cc3c2OC(C)CC3)cc1.Cl. The minimum absolute atomic E-state index is 0. The molecule has 142 valence electrons. The van der Waals surface area contributed by atoms with Crippen molar-refractivity contribution in [2.45, 2.75) is 39.2 Å². The molecule has 2 aromatic carbocycles. The van der Waals surface area contributed by atoms with Gasteiger partial charge in [-0.1, -0.05) is 29.8 Å². The molecule has 1 aliphatic heterocycles. The number of rotatable bonds is 7. The minimum atomic E-state index is -0.265. The maximum absolute atomic E-state index is 13.7. The summed E-state index contributed by atoms with van der Waals surface area (Å²) in [4.78, 5) is 0. The monoisotopic (exact) mass is 379 g/mol. The van der Waals surface area contributed by atoms with E-state index in [1.807, 2.05) is 6.92 Å². The van der Waals surface area contributed by atoms with Crippen molar-refractivity contribution in [1.29, 1.82) is 0 Å². The maximum Gasteiger partial charge on any atom is 0.164 e. The Bertz CT molecular complexity index is 706. The molecule has 0 aliphatic carbocycles. The molecule has 1 N–H and O–H groups in total. The molecule has 5 heteroatoms. The van der Waals surface area contributed by atoms with Crippen LogP contribution in [0.4, 0.5) is 4.39 Å². The quantitative estimate of drug-likeness (QED) is 0.719. The van der Waals surface area contributed by atoms with Crippen molar-refractivity contribution in [3.63, 3.8) is 0 Å². The smallest absolute Gasteiger partial charge is 0.164 e. The van der Waals surface area contributed by atoms with Gasteiger partial charge in [-0.15, -0.1) is 12.4 Å². The zero-order valence-corrected chi connectivity index (χ0v) is 16.2. The van der Waals surface area contributed by atoms with Gasteiger partial charge in [-0.25, -0.2) is 4.39 Å². The molecule has 1 heterocycles. The van der Waals surface area contributed by atoms with Crippen LogP contribution in [0.3, 0.4) is 0 Å². The fourth-order valence-corrected chi connectivity index (χ4v) is 3.01. The number of hydrogen-bond donors (Lipinski definition) is 1. The molecule has 0 spiro atoms. The molecular formula is C21H27ClFNO2. The van der Waals surface area contributed by atoms with Gasteiger partial charge in [-0.2, -0.15) is 0 Å². The summed E-state index contributed by atoms with van der Waals surface area (Å²) in [5.41, 5.74) is 3.50. The Morgan fingerprint density at radius 1 is 1.19 bits per heavy atom. The largest absolute Gasteiger partial charge is 0.488 e. The van der Waals surface area contributed by atoms with Crippen LogP contribution in [0.25, 0.3) is 0 Å². The molecule has 3 nitrogen and oxygen atoms in total. The summed E-state index contributed by atoms with van der Waals surface area (Å²) >= 11 is 0. The van der Waals surface area contributed by atoms with Crippen LogP contribution in [0.2, 0.25) is 0 Å². The second-order valence-electron chi connectivity index (χ2n) is 6.69. The van der Waals surface area contributed by atoms with Crippen LogP contribution in [0.1, 0.15) is 30.0 Å². The predicted molar refractivity (Wildman–Crippen MR) is 105 cm³/mol. The molecule has 0 amide bonds. The first-order chi connectivity index (χ1) is 12.1. The lowest BCUT2D eigenvalue weighted by atomic mass is 10.0. The van der Waals surface area contributed by atoms with Gasteiger partial charge >= 0.3 is 0 Å². The van der Waals surface area contributed by atoms with Crippen molar-refractivity contribution in [1.82, 2.24) is 5.32 Å². The van der Waals surface area contributed by atoms with E-state index in [2.05, 4.69) is 36.5 Å². The van der Waals surface area contributed by atoms with Crippen LogP contribution in [0.15, 0.2) is 36.4 Å². The molecule has 1 unspecified atom stereocenters. The van der Waals surface area contributed by atoms with E-state index in [1.54, 1.807) is 6.07 Å². The average Bonchev–Trinajstić information content (AvgIpc) is 2.60. The van der Waals surface area contributed by atoms with E-state index in [4.69, 9.17) is 9.47 Å². The fraction of sp³-hybridized carbons (Fsp3) is 0.429. The van der Waals surface area contributed by atoms with Gasteiger partial charge in [-0.05, 0) is 51.3 Å². The molecule has 3 rings (SSSR count). The normalized spacial score (nSPS) is 15.6. The molecule has 1 atom stereocenters. The van der Waals surface area contributed by atoms with Gasteiger partial charge in [0.2, 0.25) is 0 Å². The molecule has 0 saturated heterocycles. The number of fused-ring (bicyclic) bond motifs is 1. The van der Waals surface area contributed by atoms with Gasteiger partial charge in [0.15, 0.2) is 11.5 Å². The number of halogens is 2. The lowest BCUT2D eigenvalue weighted by Crippen LogP contribution is -2.24. The first kappa shape index (κ1) is 20.5. The van der Waals surface area contributed by atoms with Crippen LogP contribution < -0.4 is 14.8 Å². The molecule has 0 saturated carbocycles. The van der Waals surface area contributed by atoms with Crippen LogP contribution in [0.5, 0.6) is 11.5 Å². The van der Waals surface area contributed by atoms with E-state index in [0.717, 1.165) is 31.4 Å². The standard InChI is InChI=1S/C21H26FNO2.ClH/c1-15-3-6-17(7-4-15)9-10-23-11-12-24-20-14-19(22)13-18-8-5-16(2)25-21(18)20;/h3-4,6-7,13-14,16,23H,5,8-12H2,1-2H3;1H. The van der Waals surface area contributed by atoms with Gasteiger partial charge < -0.3 is 14.8 Å². The molecule has 0 bridgehead atoms. The van der Waals surface area contributed by atoms with Gasteiger partial charge in [-0.3, -0.25) is 0 Å². The van der Waals surface area contributed by atoms with Crippen molar-refractivity contribution in [2.75, 3.05) is 19.7 Å². The van der Waals surface area contributed by atoms with Crippen LogP contribution in [-0.2, 0) is 12.8 Å². The highest BCUT2D eigenvalue weighted by atomic mass is 35.5. The summed E-state index contributed by atoms with van der Waals surface area (Å²) in [6.07, 6.45) is 2.87. The Morgan fingerprint density at radius 2 is 1.96 bits per heavy atom. The van der Waals surface area contributed by atoms with Crippen molar-refractivity contribution in [2.24, 2.45) is 0 Å². The molecule has 1 aliphatic rings. The number of benzene rings is 2. The van der Waals surface area contributed by atoms with E-state index < -0.39 is 0 Å². The average molecular weight is 380 g/mol. The van der Waals surface area contributed by atoms with Crippen molar-refractivity contribution in [3.05, 3.63) is 58.9 Å². The Hall–Kier alpha value is -1.78. The molecular weight excluding hydrogens is 353 g/mol. The highest BCUT2D eigenvalue weighted by molar-refractivity contribution is 5.85. The van der Waals surface area contributed by atoms with Gasteiger partial charge in [0.1, 0.15) is 12.4 Å². The third-order valence-electron chi connectivity index (χ3n) is 4.48. The van der Waals surface area contributed by atoms with Crippen LogP contribution in [0, 0.1) is 12.7 Å². The van der Waals surface area contributed by atoms with Crippen molar-refractivity contribution in [3.8, 4) is 11.5 Å². The Labute approximate surface area is 161 Å². The molecule has 26 heavy (non-hydrogen) atoms. The number of hydrogen-bond acceptors (Lipinski definition) is 3. The summed E-state index contributed by atoms with van der Waals surface area (Å²) < 4.78 is 25.4. The van der Waals surface area contributed by atoms with Gasteiger partial charge in [0.05, 0.1) is 6.10 Å². The Balaban J connectivity index is 0.00000243. The van der Waals surface area contributed by atoms with Crippen LogP contribution in [-0.4, -0.2) is 25.8 Å².